The Morgan fingerprint density at radius 1 is 1.33 bits per heavy atom. The lowest BCUT2D eigenvalue weighted by molar-refractivity contribution is 0.418. The van der Waals surface area contributed by atoms with Crippen LogP contribution < -0.4 is 5.46 Å². The van der Waals surface area contributed by atoms with Crippen LogP contribution in [0.2, 0.25) is 0 Å². The molecular weight excluding hydrogens is 230 g/mol. The molecule has 1 rings (SSSR count). The summed E-state index contributed by atoms with van der Waals surface area (Å²) in [7, 11) is -1.88. The van der Waals surface area contributed by atoms with E-state index in [4.69, 9.17) is 15.2 Å². The van der Waals surface area contributed by atoms with Crippen molar-refractivity contribution in [1.29, 1.82) is 0 Å². The van der Waals surface area contributed by atoms with E-state index in [2.05, 4.69) is 15.9 Å². The minimum absolute atomic E-state index is 0.0885. The Morgan fingerprint density at radius 2 is 1.92 bits per heavy atom. The van der Waals surface area contributed by atoms with Gasteiger partial charge >= 0.3 is 7.12 Å². The molecule has 6 heteroatoms. The number of benzene rings is 1. The number of aromatic hydroxyl groups is 1. The number of hydrogen-bond donors (Lipinski definition) is 3. The molecule has 0 aliphatic rings. The Balaban J connectivity index is 3.28. The third-order valence-corrected chi connectivity index (χ3v) is 1.94. The molecule has 0 unspecified atom stereocenters. The minimum atomic E-state index is -1.88. The maximum Gasteiger partial charge on any atom is 0.492 e. The summed E-state index contributed by atoms with van der Waals surface area (Å²) in [6.07, 6.45) is 0. The SMILES string of the molecule is OB(O)c1cc(F)cc(Br)c1O. The van der Waals surface area contributed by atoms with E-state index in [1.54, 1.807) is 0 Å². The smallest absolute Gasteiger partial charge is 0.492 e. The molecule has 0 aromatic heterocycles. The van der Waals surface area contributed by atoms with Gasteiger partial charge in [0.2, 0.25) is 0 Å². The van der Waals surface area contributed by atoms with Gasteiger partial charge in [0, 0.05) is 5.46 Å². The van der Waals surface area contributed by atoms with Crippen molar-refractivity contribution in [3.63, 3.8) is 0 Å². The van der Waals surface area contributed by atoms with Gasteiger partial charge in [-0.25, -0.2) is 4.39 Å². The van der Waals surface area contributed by atoms with Crippen LogP contribution >= 0.6 is 15.9 Å². The molecule has 3 N–H and O–H groups in total. The van der Waals surface area contributed by atoms with Crippen molar-refractivity contribution < 1.29 is 19.5 Å². The van der Waals surface area contributed by atoms with Crippen LogP contribution in [0.4, 0.5) is 4.39 Å². The molecule has 0 radical (unpaired) electrons. The van der Waals surface area contributed by atoms with E-state index in [-0.39, 0.29) is 15.7 Å². The van der Waals surface area contributed by atoms with Gasteiger partial charge in [0.1, 0.15) is 11.6 Å². The summed E-state index contributed by atoms with van der Waals surface area (Å²) < 4.78 is 12.7. The first-order valence-electron chi connectivity index (χ1n) is 3.06. The number of phenols is 1. The Labute approximate surface area is 76.7 Å². The van der Waals surface area contributed by atoms with Crippen LogP contribution in [0.15, 0.2) is 16.6 Å². The van der Waals surface area contributed by atoms with E-state index in [1.165, 1.54) is 0 Å². The normalized spacial score (nSPS) is 10.0. The molecule has 64 valence electrons. The molecule has 1 aromatic carbocycles. The molecule has 0 fully saturated rings. The molecule has 0 heterocycles. The maximum atomic E-state index is 12.6. The average molecular weight is 235 g/mol. The van der Waals surface area contributed by atoms with Crippen LogP contribution in [0.1, 0.15) is 0 Å². The Morgan fingerprint density at radius 3 is 2.42 bits per heavy atom. The van der Waals surface area contributed by atoms with Crippen LogP contribution in [0.3, 0.4) is 0 Å². The quantitative estimate of drug-likeness (QED) is 0.599. The number of phenolic OH excluding ortho intramolecular Hbond substituents is 1. The fourth-order valence-electron chi connectivity index (χ4n) is 0.783. The van der Waals surface area contributed by atoms with Gasteiger partial charge in [-0.1, -0.05) is 0 Å². The molecular formula is C6H5BBrFO3. The molecule has 0 atom stereocenters. The average Bonchev–Trinajstić information content (AvgIpc) is 1.96. The van der Waals surface area contributed by atoms with Gasteiger partial charge in [-0.2, -0.15) is 0 Å². The lowest BCUT2D eigenvalue weighted by Crippen LogP contribution is -2.30. The fraction of sp³-hybridized carbons (Fsp3) is 0. The van der Waals surface area contributed by atoms with Crippen molar-refractivity contribution in [2.75, 3.05) is 0 Å². The molecule has 0 bridgehead atoms. The standard InChI is InChI=1S/C6H5BBrFO3/c8-5-2-3(9)1-4(6(5)10)7(11)12/h1-2,10-12H. The highest BCUT2D eigenvalue weighted by atomic mass is 79.9. The molecule has 0 aliphatic heterocycles. The lowest BCUT2D eigenvalue weighted by Gasteiger charge is -2.04. The van der Waals surface area contributed by atoms with E-state index in [0.717, 1.165) is 12.1 Å². The zero-order chi connectivity index (χ0) is 9.30. The number of rotatable bonds is 1. The third-order valence-electron chi connectivity index (χ3n) is 1.34. The van der Waals surface area contributed by atoms with Crippen molar-refractivity contribution >= 4 is 28.5 Å². The zero-order valence-corrected chi connectivity index (χ0v) is 7.42. The molecule has 0 spiro atoms. The van der Waals surface area contributed by atoms with E-state index in [9.17, 15) is 4.39 Å². The molecule has 3 nitrogen and oxygen atoms in total. The van der Waals surface area contributed by atoms with Gasteiger partial charge in [-0.15, -0.1) is 0 Å². The monoisotopic (exact) mass is 234 g/mol. The second kappa shape index (κ2) is 3.43. The van der Waals surface area contributed by atoms with E-state index >= 15 is 0 Å². The molecule has 0 aliphatic carbocycles. The van der Waals surface area contributed by atoms with Crippen LogP contribution in [-0.2, 0) is 0 Å². The van der Waals surface area contributed by atoms with E-state index < -0.39 is 12.9 Å². The summed E-state index contributed by atoms with van der Waals surface area (Å²) in [4.78, 5) is 0. The van der Waals surface area contributed by atoms with Gasteiger partial charge in [-0.3, -0.25) is 0 Å². The van der Waals surface area contributed by atoms with Gasteiger partial charge in [-0.05, 0) is 28.1 Å². The third kappa shape index (κ3) is 1.77. The minimum Gasteiger partial charge on any atom is -0.507 e. The first-order valence-corrected chi connectivity index (χ1v) is 3.85. The second-order valence-corrected chi connectivity index (χ2v) is 3.05. The molecule has 0 saturated carbocycles. The highest BCUT2D eigenvalue weighted by Gasteiger charge is 2.18. The molecule has 1 aromatic rings. The van der Waals surface area contributed by atoms with Crippen LogP contribution in [0.25, 0.3) is 0 Å². The largest absolute Gasteiger partial charge is 0.507 e. The molecule has 0 saturated heterocycles. The first kappa shape index (κ1) is 9.50. The Bertz CT molecular complexity index is 305. The predicted octanol–water partition coefficient (Wildman–Crippen LogP) is -0.0264. The van der Waals surface area contributed by atoms with Crippen molar-refractivity contribution in [2.24, 2.45) is 0 Å². The number of halogens is 2. The first-order chi connectivity index (χ1) is 5.52. The lowest BCUT2D eigenvalue weighted by atomic mass is 9.79. The highest BCUT2D eigenvalue weighted by molar-refractivity contribution is 9.10. The summed E-state index contributed by atoms with van der Waals surface area (Å²) >= 11 is 2.85. The summed E-state index contributed by atoms with van der Waals surface area (Å²) in [6.45, 7) is 0. The van der Waals surface area contributed by atoms with Crippen molar-refractivity contribution in [3.8, 4) is 5.75 Å². The summed E-state index contributed by atoms with van der Waals surface area (Å²) in [5, 5.41) is 26.5. The van der Waals surface area contributed by atoms with Gasteiger partial charge in [0.15, 0.2) is 0 Å². The van der Waals surface area contributed by atoms with Crippen molar-refractivity contribution in [2.45, 2.75) is 0 Å². The Kier molecular flexibility index (Phi) is 2.71. The van der Waals surface area contributed by atoms with Crippen molar-refractivity contribution in [3.05, 3.63) is 22.4 Å². The zero-order valence-electron chi connectivity index (χ0n) is 5.83. The van der Waals surface area contributed by atoms with Gasteiger partial charge < -0.3 is 15.2 Å². The van der Waals surface area contributed by atoms with Gasteiger partial charge in [0.05, 0.1) is 4.47 Å². The topological polar surface area (TPSA) is 60.7 Å². The highest BCUT2D eigenvalue weighted by Crippen LogP contribution is 2.22. The summed E-state index contributed by atoms with van der Waals surface area (Å²) in [5.74, 6) is -1.02. The van der Waals surface area contributed by atoms with E-state index in [0.29, 0.717) is 0 Å². The summed E-state index contributed by atoms with van der Waals surface area (Å²) in [6, 6.07) is 1.88. The Hall–Kier alpha value is -0.585. The summed E-state index contributed by atoms with van der Waals surface area (Å²) in [5.41, 5.74) is -0.262. The van der Waals surface area contributed by atoms with Crippen LogP contribution in [0.5, 0.6) is 5.75 Å². The fourth-order valence-corrected chi connectivity index (χ4v) is 1.23. The molecule has 0 amide bonds. The number of hydrogen-bond acceptors (Lipinski definition) is 3. The van der Waals surface area contributed by atoms with Crippen LogP contribution in [0, 0.1) is 5.82 Å². The molecule has 12 heavy (non-hydrogen) atoms. The maximum absolute atomic E-state index is 12.6. The van der Waals surface area contributed by atoms with Gasteiger partial charge in [0.25, 0.3) is 0 Å². The van der Waals surface area contributed by atoms with E-state index in [1.807, 2.05) is 0 Å². The van der Waals surface area contributed by atoms with Crippen molar-refractivity contribution in [1.82, 2.24) is 0 Å². The second-order valence-electron chi connectivity index (χ2n) is 2.20. The predicted molar refractivity (Wildman–Crippen MR) is 45.6 cm³/mol. The van der Waals surface area contributed by atoms with Crippen LogP contribution in [-0.4, -0.2) is 22.3 Å².